The molecule has 0 aliphatic heterocycles. The third kappa shape index (κ3) is 4.14. The topological polar surface area (TPSA) is 33.3 Å². The summed E-state index contributed by atoms with van der Waals surface area (Å²) in [6.45, 7) is 1.75. The highest BCUT2D eigenvalue weighted by Crippen LogP contribution is 2.18. The first-order chi connectivity index (χ1) is 10.5. The molecule has 0 radical (unpaired) electrons. The zero-order valence-electron chi connectivity index (χ0n) is 12.2. The Hall–Kier alpha value is -2.21. The van der Waals surface area contributed by atoms with E-state index in [-0.39, 0.29) is 6.04 Å². The van der Waals surface area contributed by atoms with Gasteiger partial charge in [-0.2, -0.15) is 0 Å². The van der Waals surface area contributed by atoms with Crippen molar-refractivity contribution in [1.29, 1.82) is 0 Å². The fourth-order valence-corrected chi connectivity index (χ4v) is 2.26. The number of nitrogens with one attached hydrogen (secondary N) is 2. The van der Waals surface area contributed by atoms with E-state index >= 15 is 0 Å². The summed E-state index contributed by atoms with van der Waals surface area (Å²) in [6.07, 6.45) is 0. The van der Waals surface area contributed by atoms with Gasteiger partial charge >= 0.3 is 0 Å². The number of rotatable bonds is 4. The molecule has 0 saturated carbocycles. The fraction of sp³-hybridized carbons (Fsp3) is 0.188. The van der Waals surface area contributed by atoms with Crippen LogP contribution in [0.15, 0.2) is 42.5 Å². The first-order valence-corrected chi connectivity index (χ1v) is 7.07. The number of benzene rings is 2. The molecule has 2 rings (SSSR count). The third-order valence-electron chi connectivity index (χ3n) is 3.12. The third-order valence-corrected chi connectivity index (χ3v) is 3.34. The van der Waals surface area contributed by atoms with E-state index in [1.54, 1.807) is 26.2 Å². The van der Waals surface area contributed by atoms with Crippen molar-refractivity contribution < 1.29 is 13.5 Å². The van der Waals surface area contributed by atoms with Gasteiger partial charge in [0.1, 0.15) is 17.4 Å². The minimum atomic E-state index is -0.604. The molecular formula is C16H16F2N2OS. The smallest absolute Gasteiger partial charge is 0.171 e. The van der Waals surface area contributed by atoms with Crippen molar-refractivity contribution in [3.63, 3.8) is 0 Å². The SMILES string of the molecule is COc1ccc(NC(=S)N[C@H](C)c2ccc(F)cc2F)cc1. The van der Waals surface area contributed by atoms with E-state index < -0.39 is 11.6 Å². The van der Waals surface area contributed by atoms with Gasteiger partial charge in [-0.05, 0) is 49.5 Å². The minimum absolute atomic E-state index is 0.347. The molecule has 0 aliphatic carbocycles. The summed E-state index contributed by atoms with van der Waals surface area (Å²) in [4.78, 5) is 0. The summed E-state index contributed by atoms with van der Waals surface area (Å²) in [5.41, 5.74) is 1.13. The Kier molecular flexibility index (Phi) is 5.27. The van der Waals surface area contributed by atoms with Crippen LogP contribution in [0.5, 0.6) is 5.75 Å². The van der Waals surface area contributed by atoms with E-state index in [2.05, 4.69) is 10.6 Å². The maximum absolute atomic E-state index is 13.7. The van der Waals surface area contributed by atoms with Crippen LogP contribution in [0.4, 0.5) is 14.5 Å². The molecule has 2 aromatic rings. The van der Waals surface area contributed by atoms with Crippen LogP contribution < -0.4 is 15.4 Å². The lowest BCUT2D eigenvalue weighted by atomic mass is 10.1. The van der Waals surface area contributed by atoms with Gasteiger partial charge in [-0.3, -0.25) is 0 Å². The molecule has 0 spiro atoms. The van der Waals surface area contributed by atoms with Crippen LogP contribution >= 0.6 is 12.2 Å². The molecule has 2 N–H and O–H groups in total. The summed E-state index contributed by atoms with van der Waals surface area (Å²) in [5.74, 6) is -0.467. The summed E-state index contributed by atoms with van der Waals surface area (Å²) in [6, 6.07) is 10.3. The largest absolute Gasteiger partial charge is 0.497 e. The van der Waals surface area contributed by atoms with Crippen LogP contribution in [-0.2, 0) is 0 Å². The van der Waals surface area contributed by atoms with Crippen LogP contribution in [-0.4, -0.2) is 12.2 Å². The molecule has 0 saturated heterocycles. The second-order valence-corrected chi connectivity index (χ2v) is 5.12. The quantitative estimate of drug-likeness (QED) is 0.833. The van der Waals surface area contributed by atoms with Crippen molar-refractivity contribution >= 4 is 23.0 Å². The summed E-state index contributed by atoms with van der Waals surface area (Å²) in [7, 11) is 1.59. The lowest BCUT2D eigenvalue weighted by molar-refractivity contribution is 0.415. The molecule has 0 heterocycles. The van der Waals surface area contributed by atoms with Gasteiger partial charge in [0.2, 0.25) is 0 Å². The highest BCUT2D eigenvalue weighted by molar-refractivity contribution is 7.80. The van der Waals surface area contributed by atoms with Crippen molar-refractivity contribution in [2.24, 2.45) is 0 Å². The van der Waals surface area contributed by atoms with Crippen LogP contribution in [0.3, 0.4) is 0 Å². The lowest BCUT2D eigenvalue weighted by Crippen LogP contribution is -2.31. The Morgan fingerprint density at radius 2 is 1.82 bits per heavy atom. The molecule has 0 aliphatic rings. The number of anilines is 1. The second kappa shape index (κ2) is 7.17. The van der Waals surface area contributed by atoms with Gasteiger partial charge in [-0.25, -0.2) is 8.78 Å². The molecule has 0 aromatic heterocycles. The Morgan fingerprint density at radius 3 is 2.41 bits per heavy atom. The molecule has 6 heteroatoms. The predicted molar refractivity (Wildman–Crippen MR) is 87.1 cm³/mol. The molecular weight excluding hydrogens is 306 g/mol. The van der Waals surface area contributed by atoms with Gasteiger partial charge in [-0.1, -0.05) is 6.07 Å². The van der Waals surface area contributed by atoms with Gasteiger partial charge in [0.05, 0.1) is 13.2 Å². The normalized spacial score (nSPS) is 11.6. The fourth-order valence-electron chi connectivity index (χ4n) is 1.97. The van der Waals surface area contributed by atoms with Crippen molar-refractivity contribution in [2.45, 2.75) is 13.0 Å². The monoisotopic (exact) mass is 322 g/mol. The Labute approximate surface area is 133 Å². The molecule has 3 nitrogen and oxygen atoms in total. The summed E-state index contributed by atoms with van der Waals surface area (Å²) < 4.78 is 31.7. The Balaban J connectivity index is 1.98. The van der Waals surface area contributed by atoms with Gasteiger partial charge in [0.15, 0.2) is 5.11 Å². The molecule has 0 bridgehead atoms. The predicted octanol–water partition coefficient (Wildman–Crippen LogP) is 4.02. The number of methoxy groups -OCH3 is 1. The van der Waals surface area contributed by atoms with Crippen LogP contribution in [0.1, 0.15) is 18.5 Å². The summed E-state index contributed by atoms with van der Waals surface area (Å²) in [5, 5.41) is 6.30. The number of ether oxygens (including phenoxy) is 1. The highest BCUT2D eigenvalue weighted by Gasteiger charge is 2.12. The molecule has 22 heavy (non-hydrogen) atoms. The van der Waals surface area contributed by atoms with E-state index in [0.29, 0.717) is 10.7 Å². The number of halogens is 2. The molecule has 0 amide bonds. The molecule has 0 fully saturated rings. The molecule has 0 unspecified atom stereocenters. The van der Waals surface area contributed by atoms with E-state index in [9.17, 15) is 8.78 Å². The van der Waals surface area contributed by atoms with Crippen molar-refractivity contribution in [1.82, 2.24) is 5.32 Å². The van der Waals surface area contributed by atoms with Crippen LogP contribution in [0.25, 0.3) is 0 Å². The van der Waals surface area contributed by atoms with Gasteiger partial charge in [-0.15, -0.1) is 0 Å². The average molecular weight is 322 g/mol. The van der Waals surface area contributed by atoms with Crippen molar-refractivity contribution in [3.8, 4) is 5.75 Å². The standard InChI is InChI=1S/C16H16F2N2OS/c1-10(14-8-3-11(17)9-15(14)18)19-16(22)20-12-4-6-13(21-2)7-5-12/h3-10H,1-2H3,(H2,19,20,22)/t10-/m1/s1. The highest BCUT2D eigenvalue weighted by atomic mass is 32.1. The van der Waals surface area contributed by atoms with Crippen molar-refractivity contribution in [3.05, 3.63) is 59.7 Å². The van der Waals surface area contributed by atoms with E-state index in [1.165, 1.54) is 12.1 Å². The number of thiocarbonyl (C=S) groups is 1. The molecule has 116 valence electrons. The van der Waals surface area contributed by atoms with Crippen LogP contribution in [0, 0.1) is 11.6 Å². The maximum Gasteiger partial charge on any atom is 0.171 e. The number of hydrogen-bond donors (Lipinski definition) is 2. The van der Waals surface area contributed by atoms with Gasteiger partial charge in [0, 0.05) is 17.3 Å². The Morgan fingerprint density at radius 1 is 1.14 bits per heavy atom. The maximum atomic E-state index is 13.7. The minimum Gasteiger partial charge on any atom is -0.497 e. The summed E-state index contributed by atoms with van der Waals surface area (Å²) >= 11 is 5.19. The molecule has 1 atom stereocenters. The van der Waals surface area contributed by atoms with Crippen LogP contribution in [0.2, 0.25) is 0 Å². The average Bonchev–Trinajstić information content (AvgIpc) is 2.47. The van der Waals surface area contributed by atoms with E-state index in [1.807, 2.05) is 12.1 Å². The van der Waals surface area contributed by atoms with Gasteiger partial charge in [0.25, 0.3) is 0 Å². The lowest BCUT2D eigenvalue weighted by Gasteiger charge is -2.18. The van der Waals surface area contributed by atoms with E-state index in [4.69, 9.17) is 17.0 Å². The van der Waals surface area contributed by atoms with Crippen molar-refractivity contribution in [2.75, 3.05) is 12.4 Å². The van der Waals surface area contributed by atoms with E-state index in [0.717, 1.165) is 17.5 Å². The second-order valence-electron chi connectivity index (χ2n) is 4.71. The first-order valence-electron chi connectivity index (χ1n) is 6.66. The number of hydrogen-bond acceptors (Lipinski definition) is 2. The zero-order chi connectivity index (χ0) is 16.1. The Bertz CT molecular complexity index is 662. The zero-order valence-corrected chi connectivity index (χ0v) is 13.0. The molecule has 2 aromatic carbocycles. The van der Waals surface area contributed by atoms with Gasteiger partial charge < -0.3 is 15.4 Å². The first kappa shape index (κ1) is 16.2.